The molecule has 1 heterocycles. The fourth-order valence-electron chi connectivity index (χ4n) is 2.33. The molecule has 7 heteroatoms. The average Bonchev–Trinajstić information content (AvgIpc) is 2.86. The van der Waals surface area contributed by atoms with Crippen LogP contribution in [0.4, 0.5) is 19.3 Å². The van der Waals surface area contributed by atoms with Gasteiger partial charge < -0.3 is 15.3 Å². The number of anilines is 1. The number of halogens is 2. The molecule has 1 atom stereocenters. The van der Waals surface area contributed by atoms with Crippen LogP contribution in [-0.4, -0.2) is 35.2 Å². The molecule has 0 saturated carbocycles. The summed E-state index contributed by atoms with van der Waals surface area (Å²) in [6.45, 7) is 0.562. The first kappa shape index (κ1) is 14.1. The maximum atomic E-state index is 13.6. The van der Waals surface area contributed by atoms with E-state index in [0.29, 0.717) is 13.0 Å². The number of nitrogens with zero attached hydrogens (tertiary/aromatic N) is 2. The van der Waals surface area contributed by atoms with Crippen LogP contribution in [0, 0.1) is 23.0 Å². The van der Waals surface area contributed by atoms with E-state index in [1.165, 1.54) is 4.90 Å². The molecule has 0 spiro atoms. The highest BCUT2D eigenvalue weighted by Crippen LogP contribution is 2.23. The van der Waals surface area contributed by atoms with E-state index in [1.54, 1.807) is 6.07 Å². The van der Waals surface area contributed by atoms with E-state index in [0.717, 1.165) is 18.6 Å². The van der Waals surface area contributed by atoms with E-state index in [9.17, 15) is 13.6 Å². The van der Waals surface area contributed by atoms with Gasteiger partial charge in [-0.15, -0.1) is 0 Å². The van der Waals surface area contributed by atoms with Gasteiger partial charge in [0.05, 0.1) is 17.7 Å². The Hall–Kier alpha value is -2.36. The van der Waals surface area contributed by atoms with Crippen molar-refractivity contribution in [1.82, 2.24) is 4.90 Å². The minimum Gasteiger partial charge on any atom is -0.465 e. The lowest BCUT2D eigenvalue weighted by Crippen LogP contribution is -2.38. The van der Waals surface area contributed by atoms with Gasteiger partial charge in [-0.3, -0.25) is 0 Å². The Morgan fingerprint density at radius 3 is 2.70 bits per heavy atom. The second-order valence-electron chi connectivity index (χ2n) is 4.58. The molecule has 106 valence electrons. The van der Waals surface area contributed by atoms with Crippen LogP contribution in [0.1, 0.15) is 18.4 Å². The Kier molecular flexibility index (Phi) is 4.03. The lowest BCUT2D eigenvalue weighted by Gasteiger charge is -2.22. The third kappa shape index (κ3) is 2.79. The summed E-state index contributed by atoms with van der Waals surface area (Å²) >= 11 is 0. The topological polar surface area (TPSA) is 76.4 Å². The number of nitrogens with one attached hydrogen (secondary N) is 1. The van der Waals surface area contributed by atoms with Crippen molar-refractivity contribution in [3.8, 4) is 6.07 Å². The predicted octanol–water partition coefficient (Wildman–Crippen LogP) is 2.39. The minimum atomic E-state index is -1.03. The molecule has 1 aromatic carbocycles. The summed E-state index contributed by atoms with van der Waals surface area (Å²) in [4.78, 5) is 12.2. The largest absolute Gasteiger partial charge is 0.465 e. The van der Waals surface area contributed by atoms with Crippen molar-refractivity contribution in [2.24, 2.45) is 0 Å². The lowest BCUT2D eigenvalue weighted by molar-refractivity contribution is 0.142. The second-order valence-corrected chi connectivity index (χ2v) is 4.58. The van der Waals surface area contributed by atoms with Gasteiger partial charge in [0.15, 0.2) is 11.6 Å². The molecule has 1 aliphatic heterocycles. The summed E-state index contributed by atoms with van der Waals surface area (Å²) in [6, 6.07) is 3.24. The fourth-order valence-corrected chi connectivity index (χ4v) is 2.33. The van der Waals surface area contributed by atoms with Crippen LogP contribution >= 0.6 is 0 Å². The van der Waals surface area contributed by atoms with Gasteiger partial charge in [0, 0.05) is 13.1 Å². The molecule has 0 aliphatic carbocycles. The van der Waals surface area contributed by atoms with Crippen LogP contribution in [0.2, 0.25) is 0 Å². The number of carboxylic acid groups (broad SMARTS) is 1. The van der Waals surface area contributed by atoms with Gasteiger partial charge in [0.25, 0.3) is 0 Å². The number of amides is 1. The van der Waals surface area contributed by atoms with E-state index in [4.69, 9.17) is 10.4 Å². The summed E-state index contributed by atoms with van der Waals surface area (Å²) in [5.41, 5.74) is -0.431. The zero-order valence-electron chi connectivity index (χ0n) is 10.6. The zero-order chi connectivity index (χ0) is 14.7. The summed E-state index contributed by atoms with van der Waals surface area (Å²) < 4.78 is 27.3. The Labute approximate surface area is 114 Å². The van der Waals surface area contributed by atoms with Crippen molar-refractivity contribution in [2.75, 3.05) is 18.4 Å². The highest BCUT2D eigenvalue weighted by molar-refractivity contribution is 5.66. The lowest BCUT2D eigenvalue weighted by atomic mass is 10.1. The summed E-state index contributed by atoms with van der Waals surface area (Å²) in [5.74, 6) is -1.72. The molecule has 2 rings (SSSR count). The molecule has 1 aromatic rings. The van der Waals surface area contributed by atoms with Gasteiger partial charge in [-0.1, -0.05) is 0 Å². The Morgan fingerprint density at radius 2 is 2.15 bits per heavy atom. The van der Waals surface area contributed by atoms with Crippen LogP contribution in [0.15, 0.2) is 12.1 Å². The summed E-state index contributed by atoms with van der Waals surface area (Å²) in [6.07, 6.45) is 0.352. The molecule has 1 saturated heterocycles. The Balaban J connectivity index is 2.08. The van der Waals surface area contributed by atoms with Crippen molar-refractivity contribution in [3.05, 3.63) is 29.3 Å². The Morgan fingerprint density at radius 1 is 1.50 bits per heavy atom. The molecule has 0 aromatic heterocycles. The van der Waals surface area contributed by atoms with E-state index in [1.807, 2.05) is 0 Å². The smallest absolute Gasteiger partial charge is 0.407 e. The van der Waals surface area contributed by atoms with Crippen LogP contribution in [0.25, 0.3) is 0 Å². The maximum Gasteiger partial charge on any atom is 0.407 e. The summed E-state index contributed by atoms with van der Waals surface area (Å²) in [7, 11) is 0. The van der Waals surface area contributed by atoms with Crippen molar-refractivity contribution < 1.29 is 18.7 Å². The van der Waals surface area contributed by atoms with Crippen molar-refractivity contribution in [1.29, 1.82) is 5.26 Å². The first-order valence-electron chi connectivity index (χ1n) is 6.15. The summed E-state index contributed by atoms with van der Waals surface area (Å²) in [5, 5.41) is 20.2. The highest BCUT2D eigenvalue weighted by atomic mass is 19.1. The SMILES string of the molecule is N#Cc1cc(F)c(NC[C@@H]2CCCN2C(=O)O)c(F)c1. The van der Waals surface area contributed by atoms with Crippen LogP contribution in [0.5, 0.6) is 0 Å². The molecule has 0 bridgehead atoms. The fraction of sp³-hybridized carbons (Fsp3) is 0.385. The molecule has 1 amide bonds. The van der Waals surface area contributed by atoms with Crippen LogP contribution in [0.3, 0.4) is 0 Å². The van der Waals surface area contributed by atoms with E-state index in [2.05, 4.69) is 5.32 Å². The molecule has 20 heavy (non-hydrogen) atoms. The minimum absolute atomic E-state index is 0.0985. The molecule has 1 aliphatic rings. The van der Waals surface area contributed by atoms with Gasteiger partial charge in [0.2, 0.25) is 0 Å². The van der Waals surface area contributed by atoms with Gasteiger partial charge in [-0.05, 0) is 25.0 Å². The van der Waals surface area contributed by atoms with Crippen molar-refractivity contribution >= 4 is 11.8 Å². The first-order valence-corrected chi connectivity index (χ1v) is 6.15. The molecule has 2 N–H and O–H groups in total. The number of carbonyl (C=O) groups is 1. The maximum absolute atomic E-state index is 13.6. The molecular weight excluding hydrogens is 268 g/mol. The quantitative estimate of drug-likeness (QED) is 0.892. The van der Waals surface area contributed by atoms with Gasteiger partial charge in [0.1, 0.15) is 5.69 Å². The van der Waals surface area contributed by atoms with Crippen molar-refractivity contribution in [3.63, 3.8) is 0 Å². The second kappa shape index (κ2) is 5.74. The average molecular weight is 281 g/mol. The van der Waals surface area contributed by atoms with Gasteiger partial charge in [-0.25, -0.2) is 13.6 Å². The number of rotatable bonds is 3. The van der Waals surface area contributed by atoms with E-state index in [-0.39, 0.29) is 23.8 Å². The zero-order valence-corrected chi connectivity index (χ0v) is 10.6. The first-order chi connectivity index (χ1) is 9.52. The Bertz CT molecular complexity index is 548. The number of benzene rings is 1. The number of hydrogen-bond acceptors (Lipinski definition) is 3. The monoisotopic (exact) mass is 281 g/mol. The predicted molar refractivity (Wildman–Crippen MR) is 67.3 cm³/mol. The third-order valence-corrected chi connectivity index (χ3v) is 3.31. The van der Waals surface area contributed by atoms with Gasteiger partial charge >= 0.3 is 6.09 Å². The van der Waals surface area contributed by atoms with Crippen molar-refractivity contribution in [2.45, 2.75) is 18.9 Å². The number of likely N-dealkylation sites (tertiary alicyclic amines) is 1. The standard InChI is InChI=1S/C13H13F2N3O2/c14-10-4-8(6-16)5-11(15)12(10)17-7-9-2-1-3-18(9)13(19)20/h4-5,9,17H,1-3,7H2,(H,19,20)/t9-/m0/s1. The number of hydrogen-bond donors (Lipinski definition) is 2. The van der Waals surface area contributed by atoms with Crippen LogP contribution in [-0.2, 0) is 0 Å². The third-order valence-electron chi connectivity index (χ3n) is 3.31. The highest BCUT2D eigenvalue weighted by Gasteiger charge is 2.28. The van der Waals surface area contributed by atoms with E-state index < -0.39 is 17.7 Å². The molecular formula is C13H13F2N3O2. The van der Waals surface area contributed by atoms with E-state index >= 15 is 0 Å². The van der Waals surface area contributed by atoms with Crippen LogP contribution < -0.4 is 5.32 Å². The number of nitriles is 1. The molecule has 5 nitrogen and oxygen atoms in total. The molecule has 0 radical (unpaired) electrons. The molecule has 1 fully saturated rings. The normalized spacial score (nSPS) is 17.9. The molecule has 0 unspecified atom stereocenters. The van der Waals surface area contributed by atoms with Gasteiger partial charge in [-0.2, -0.15) is 5.26 Å².